The van der Waals surface area contributed by atoms with E-state index in [0.717, 1.165) is 6.61 Å². The highest BCUT2D eigenvalue weighted by Gasteiger charge is 2.50. The highest BCUT2D eigenvalue weighted by atomic mass is 16.6. The van der Waals surface area contributed by atoms with Crippen LogP contribution >= 0.6 is 0 Å². The van der Waals surface area contributed by atoms with Gasteiger partial charge in [-0.2, -0.15) is 0 Å². The summed E-state index contributed by atoms with van der Waals surface area (Å²) in [5.74, 6) is 0.537. The number of nitrogens with zero attached hydrogens (tertiary/aromatic N) is 1. The van der Waals surface area contributed by atoms with Crippen molar-refractivity contribution >= 4 is 5.71 Å². The van der Waals surface area contributed by atoms with Crippen LogP contribution in [0.3, 0.4) is 0 Å². The molecule has 0 spiro atoms. The fourth-order valence-corrected chi connectivity index (χ4v) is 3.96. The Morgan fingerprint density at radius 2 is 2.29 bits per heavy atom. The topological polar surface area (TPSA) is 21.6 Å². The SMILES string of the molecule is C=C(C)[C@@]12CCC(C)=C1CCCC1CON=C12. The number of allylic oxidation sites excluding steroid dienone is 3. The van der Waals surface area contributed by atoms with Gasteiger partial charge in [-0.05, 0) is 46.0 Å². The Bertz CT molecular complexity index is 432. The van der Waals surface area contributed by atoms with Gasteiger partial charge in [0.1, 0.15) is 6.61 Å². The minimum atomic E-state index is 0.0573. The smallest absolute Gasteiger partial charge is 0.125 e. The second-order valence-electron chi connectivity index (χ2n) is 5.81. The maximum atomic E-state index is 5.39. The maximum absolute atomic E-state index is 5.39. The predicted octanol–water partition coefficient (Wildman–Crippen LogP) is 3.85. The van der Waals surface area contributed by atoms with Crippen LogP contribution in [0.4, 0.5) is 0 Å². The summed E-state index contributed by atoms with van der Waals surface area (Å²) < 4.78 is 0. The normalized spacial score (nSPS) is 35.9. The third-order valence-electron chi connectivity index (χ3n) is 4.88. The third kappa shape index (κ3) is 1.36. The first kappa shape index (κ1) is 11.1. The fraction of sp³-hybridized carbons (Fsp3) is 0.667. The van der Waals surface area contributed by atoms with Crippen LogP contribution in [0.5, 0.6) is 0 Å². The van der Waals surface area contributed by atoms with E-state index in [9.17, 15) is 0 Å². The number of oxime groups is 1. The summed E-state index contributed by atoms with van der Waals surface area (Å²) in [5, 5.41) is 4.41. The van der Waals surface area contributed by atoms with Crippen LogP contribution < -0.4 is 0 Å². The molecule has 1 fully saturated rings. The molecule has 2 aliphatic carbocycles. The Balaban J connectivity index is 2.17. The molecule has 3 rings (SSSR count). The van der Waals surface area contributed by atoms with Gasteiger partial charge in [0.05, 0.1) is 11.1 Å². The van der Waals surface area contributed by atoms with Crippen molar-refractivity contribution in [3.8, 4) is 0 Å². The molecule has 0 bridgehead atoms. The lowest BCUT2D eigenvalue weighted by molar-refractivity contribution is 0.152. The number of hydrogen-bond donors (Lipinski definition) is 0. The highest BCUT2D eigenvalue weighted by Crippen LogP contribution is 2.54. The van der Waals surface area contributed by atoms with Crippen LogP contribution in [0.1, 0.15) is 46.0 Å². The molecule has 0 aromatic rings. The van der Waals surface area contributed by atoms with Gasteiger partial charge in [-0.3, -0.25) is 0 Å². The molecule has 1 unspecified atom stereocenters. The zero-order valence-electron chi connectivity index (χ0n) is 10.9. The lowest BCUT2D eigenvalue weighted by atomic mass is 9.69. The predicted molar refractivity (Wildman–Crippen MR) is 69.9 cm³/mol. The molecule has 0 amide bonds. The lowest BCUT2D eigenvalue weighted by Crippen LogP contribution is -2.34. The monoisotopic (exact) mass is 231 g/mol. The average Bonchev–Trinajstić information content (AvgIpc) is 2.83. The van der Waals surface area contributed by atoms with Crippen molar-refractivity contribution in [1.29, 1.82) is 0 Å². The number of fused-ring (bicyclic) bond motifs is 3. The maximum Gasteiger partial charge on any atom is 0.125 e. The molecule has 2 atom stereocenters. The van der Waals surface area contributed by atoms with Crippen molar-refractivity contribution in [2.24, 2.45) is 16.5 Å². The molecule has 1 aliphatic heterocycles. The number of rotatable bonds is 1. The first-order valence-electron chi connectivity index (χ1n) is 6.71. The summed E-state index contributed by atoms with van der Waals surface area (Å²) in [4.78, 5) is 5.39. The summed E-state index contributed by atoms with van der Waals surface area (Å²) in [7, 11) is 0. The first-order chi connectivity index (χ1) is 8.16. The second-order valence-corrected chi connectivity index (χ2v) is 5.81. The first-order valence-corrected chi connectivity index (χ1v) is 6.71. The second kappa shape index (κ2) is 3.72. The van der Waals surface area contributed by atoms with Gasteiger partial charge in [-0.25, -0.2) is 0 Å². The van der Waals surface area contributed by atoms with Gasteiger partial charge in [-0.15, -0.1) is 0 Å². The molecule has 0 aromatic carbocycles. The van der Waals surface area contributed by atoms with Crippen molar-refractivity contribution < 1.29 is 4.84 Å². The van der Waals surface area contributed by atoms with Gasteiger partial charge in [0.15, 0.2) is 0 Å². The standard InChI is InChI=1S/C15H21NO/c1-10(2)15-8-7-11(3)13(15)6-4-5-12-9-17-16-14(12)15/h12H,1,4-9H2,2-3H3/t12?,15-/m0/s1. The van der Waals surface area contributed by atoms with Crippen molar-refractivity contribution in [3.63, 3.8) is 0 Å². The molecule has 0 N–H and O–H groups in total. The molecule has 17 heavy (non-hydrogen) atoms. The molecule has 0 radical (unpaired) electrons. The molecular formula is C15H21NO. The van der Waals surface area contributed by atoms with E-state index in [1.807, 2.05) is 0 Å². The van der Waals surface area contributed by atoms with E-state index in [0.29, 0.717) is 5.92 Å². The molecule has 92 valence electrons. The van der Waals surface area contributed by atoms with Crippen molar-refractivity contribution in [1.82, 2.24) is 0 Å². The molecule has 1 saturated carbocycles. The number of hydrogen-bond acceptors (Lipinski definition) is 2. The average molecular weight is 231 g/mol. The zero-order valence-corrected chi connectivity index (χ0v) is 10.9. The van der Waals surface area contributed by atoms with Crippen molar-refractivity contribution in [2.45, 2.75) is 46.0 Å². The molecule has 0 aromatic heterocycles. The van der Waals surface area contributed by atoms with Gasteiger partial charge in [0.25, 0.3) is 0 Å². The summed E-state index contributed by atoms with van der Waals surface area (Å²) in [5.41, 5.74) is 5.79. The van der Waals surface area contributed by atoms with E-state index in [-0.39, 0.29) is 5.41 Å². The van der Waals surface area contributed by atoms with Gasteiger partial charge < -0.3 is 4.84 Å². The summed E-state index contributed by atoms with van der Waals surface area (Å²) in [6.45, 7) is 9.52. The Morgan fingerprint density at radius 1 is 1.47 bits per heavy atom. The third-order valence-corrected chi connectivity index (χ3v) is 4.88. The van der Waals surface area contributed by atoms with Crippen LogP contribution in [0.15, 0.2) is 28.5 Å². The van der Waals surface area contributed by atoms with Crippen LogP contribution in [0.2, 0.25) is 0 Å². The van der Waals surface area contributed by atoms with E-state index in [2.05, 4.69) is 25.6 Å². The Kier molecular flexibility index (Phi) is 2.42. The van der Waals surface area contributed by atoms with Crippen LogP contribution in [0.25, 0.3) is 0 Å². The van der Waals surface area contributed by atoms with E-state index >= 15 is 0 Å². The molecule has 2 nitrogen and oxygen atoms in total. The van der Waals surface area contributed by atoms with E-state index in [4.69, 9.17) is 4.84 Å². The fourth-order valence-electron chi connectivity index (χ4n) is 3.96. The van der Waals surface area contributed by atoms with E-state index < -0.39 is 0 Å². The lowest BCUT2D eigenvalue weighted by Gasteiger charge is -2.33. The molecule has 3 aliphatic rings. The van der Waals surface area contributed by atoms with Crippen molar-refractivity contribution in [3.05, 3.63) is 23.3 Å². The van der Waals surface area contributed by atoms with Crippen molar-refractivity contribution in [2.75, 3.05) is 6.61 Å². The Morgan fingerprint density at radius 3 is 3.06 bits per heavy atom. The van der Waals surface area contributed by atoms with E-state index in [1.165, 1.54) is 43.4 Å². The van der Waals surface area contributed by atoms with Gasteiger partial charge in [0, 0.05) is 5.92 Å². The molecule has 1 heterocycles. The largest absolute Gasteiger partial charge is 0.395 e. The Labute approximate surface area is 103 Å². The summed E-state index contributed by atoms with van der Waals surface area (Å²) in [6, 6.07) is 0. The molecular weight excluding hydrogens is 210 g/mol. The molecule has 0 saturated heterocycles. The van der Waals surface area contributed by atoms with Gasteiger partial charge >= 0.3 is 0 Å². The minimum absolute atomic E-state index is 0.0573. The van der Waals surface area contributed by atoms with Crippen LogP contribution in [-0.4, -0.2) is 12.3 Å². The summed E-state index contributed by atoms with van der Waals surface area (Å²) >= 11 is 0. The zero-order chi connectivity index (χ0) is 12.0. The Hall–Kier alpha value is -1.05. The highest BCUT2D eigenvalue weighted by molar-refractivity contribution is 5.99. The minimum Gasteiger partial charge on any atom is -0.395 e. The van der Waals surface area contributed by atoms with Crippen LogP contribution in [0, 0.1) is 11.3 Å². The van der Waals surface area contributed by atoms with Crippen LogP contribution in [-0.2, 0) is 4.84 Å². The van der Waals surface area contributed by atoms with Gasteiger partial charge in [0.2, 0.25) is 0 Å². The van der Waals surface area contributed by atoms with E-state index in [1.54, 1.807) is 11.1 Å². The quantitative estimate of drug-likeness (QED) is 0.628. The van der Waals surface area contributed by atoms with Gasteiger partial charge in [-0.1, -0.05) is 28.5 Å². The molecule has 2 heteroatoms. The summed E-state index contributed by atoms with van der Waals surface area (Å²) in [6.07, 6.45) is 6.10.